The number of rotatable bonds is 3. The first-order chi connectivity index (χ1) is 12.7. The van der Waals surface area contributed by atoms with Crippen molar-refractivity contribution in [1.82, 2.24) is 4.98 Å². The van der Waals surface area contributed by atoms with Gasteiger partial charge >= 0.3 is 5.91 Å². The zero-order valence-corrected chi connectivity index (χ0v) is 13.8. The lowest BCUT2D eigenvalue weighted by molar-refractivity contribution is -0.111. The summed E-state index contributed by atoms with van der Waals surface area (Å²) in [7, 11) is 0. The van der Waals surface area contributed by atoms with E-state index in [4.69, 9.17) is 0 Å². The molecule has 3 aromatic rings. The number of anilines is 2. The molecule has 0 aliphatic heterocycles. The maximum atomic E-state index is 12.2. The molecular formula is C21H15N3O2. The van der Waals surface area contributed by atoms with Crippen molar-refractivity contribution < 1.29 is 9.59 Å². The van der Waals surface area contributed by atoms with Gasteiger partial charge in [-0.15, -0.1) is 0 Å². The Kier molecular flexibility index (Phi) is 5.38. The van der Waals surface area contributed by atoms with Crippen molar-refractivity contribution in [1.29, 1.82) is 0 Å². The molecule has 0 atom stereocenters. The van der Waals surface area contributed by atoms with Gasteiger partial charge in [-0.1, -0.05) is 30.2 Å². The first-order valence-electron chi connectivity index (χ1n) is 7.90. The molecule has 5 nitrogen and oxygen atoms in total. The van der Waals surface area contributed by atoms with Gasteiger partial charge < -0.3 is 10.6 Å². The van der Waals surface area contributed by atoms with E-state index in [-0.39, 0.29) is 5.91 Å². The lowest BCUT2D eigenvalue weighted by atomic mass is 10.2. The van der Waals surface area contributed by atoms with Gasteiger partial charge in [-0.2, -0.15) is 0 Å². The highest BCUT2D eigenvalue weighted by molar-refractivity contribution is 6.06. The minimum absolute atomic E-state index is 0.250. The van der Waals surface area contributed by atoms with E-state index in [1.54, 1.807) is 48.8 Å². The zero-order valence-electron chi connectivity index (χ0n) is 13.8. The lowest BCUT2D eigenvalue weighted by Gasteiger charge is -2.07. The SMILES string of the molecule is O=C(C#Cc1ccccc1)Nc1cccc(NC(=O)c2ccncc2)c1. The molecule has 0 fully saturated rings. The van der Waals surface area contributed by atoms with Crippen LogP contribution in [-0.2, 0) is 4.79 Å². The van der Waals surface area contributed by atoms with Crippen LogP contribution < -0.4 is 10.6 Å². The maximum Gasteiger partial charge on any atom is 0.300 e. The van der Waals surface area contributed by atoms with E-state index in [9.17, 15) is 9.59 Å². The topological polar surface area (TPSA) is 71.1 Å². The van der Waals surface area contributed by atoms with E-state index in [0.717, 1.165) is 5.56 Å². The van der Waals surface area contributed by atoms with Crippen molar-refractivity contribution in [3.63, 3.8) is 0 Å². The van der Waals surface area contributed by atoms with Gasteiger partial charge in [0, 0.05) is 40.8 Å². The van der Waals surface area contributed by atoms with Gasteiger partial charge in [0.25, 0.3) is 5.91 Å². The van der Waals surface area contributed by atoms with Crippen molar-refractivity contribution in [3.05, 3.63) is 90.3 Å². The Bertz CT molecular complexity index is 974. The van der Waals surface area contributed by atoms with Crippen LogP contribution in [0, 0.1) is 11.8 Å². The molecule has 0 aliphatic rings. The number of carbonyl (C=O) groups is 2. The van der Waals surface area contributed by atoms with Crippen molar-refractivity contribution in [2.75, 3.05) is 10.6 Å². The maximum absolute atomic E-state index is 12.2. The predicted octanol–water partition coefficient (Wildman–Crippen LogP) is 3.32. The summed E-state index contributed by atoms with van der Waals surface area (Å²) in [6.45, 7) is 0. The van der Waals surface area contributed by atoms with E-state index in [1.807, 2.05) is 30.3 Å². The Morgan fingerprint density at radius 2 is 1.50 bits per heavy atom. The van der Waals surface area contributed by atoms with Gasteiger partial charge in [-0.05, 0) is 42.5 Å². The number of amides is 2. The molecule has 126 valence electrons. The number of nitrogens with one attached hydrogen (secondary N) is 2. The van der Waals surface area contributed by atoms with Crippen LogP contribution in [0.2, 0.25) is 0 Å². The minimum atomic E-state index is -0.425. The molecule has 26 heavy (non-hydrogen) atoms. The Morgan fingerprint density at radius 3 is 2.23 bits per heavy atom. The van der Waals surface area contributed by atoms with Crippen LogP contribution in [-0.4, -0.2) is 16.8 Å². The molecule has 0 bridgehead atoms. The Hall–Kier alpha value is -3.91. The van der Waals surface area contributed by atoms with Crippen LogP contribution in [0.15, 0.2) is 79.1 Å². The summed E-state index contributed by atoms with van der Waals surface area (Å²) < 4.78 is 0. The highest BCUT2D eigenvalue weighted by Crippen LogP contribution is 2.16. The van der Waals surface area contributed by atoms with Gasteiger partial charge in [-0.3, -0.25) is 14.6 Å². The van der Waals surface area contributed by atoms with E-state index < -0.39 is 5.91 Å². The van der Waals surface area contributed by atoms with Gasteiger partial charge in [0.15, 0.2) is 0 Å². The largest absolute Gasteiger partial charge is 0.322 e. The van der Waals surface area contributed by atoms with Gasteiger partial charge in [-0.25, -0.2) is 0 Å². The van der Waals surface area contributed by atoms with Crippen molar-refractivity contribution in [3.8, 4) is 11.8 Å². The zero-order chi connectivity index (χ0) is 18.2. The first-order valence-corrected chi connectivity index (χ1v) is 7.90. The molecule has 0 saturated heterocycles. The molecule has 0 saturated carbocycles. The molecule has 0 unspecified atom stereocenters. The van der Waals surface area contributed by atoms with Crippen LogP contribution in [0.1, 0.15) is 15.9 Å². The van der Waals surface area contributed by atoms with Crippen molar-refractivity contribution >= 4 is 23.2 Å². The number of benzene rings is 2. The summed E-state index contributed by atoms with van der Waals surface area (Å²) in [5.41, 5.74) is 2.38. The summed E-state index contributed by atoms with van der Waals surface area (Å²) in [5.74, 6) is 4.66. The average molecular weight is 341 g/mol. The number of aromatic nitrogens is 1. The lowest BCUT2D eigenvalue weighted by Crippen LogP contribution is -2.13. The summed E-state index contributed by atoms with van der Waals surface area (Å²) in [6, 6.07) is 19.4. The minimum Gasteiger partial charge on any atom is -0.322 e. The molecule has 0 aliphatic carbocycles. The Morgan fingerprint density at radius 1 is 0.808 bits per heavy atom. The van der Waals surface area contributed by atoms with Crippen LogP contribution in [0.4, 0.5) is 11.4 Å². The Balaban J connectivity index is 1.65. The molecule has 2 N–H and O–H groups in total. The first kappa shape index (κ1) is 16.9. The summed E-state index contributed by atoms with van der Waals surface area (Å²) in [6.07, 6.45) is 3.11. The third-order valence-corrected chi connectivity index (χ3v) is 3.41. The van der Waals surface area contributed by atoms with Gasteiger partial charge in [0.2, 0.25) is 0 Å². The van der Waals surface area contributed by atoms with E-state index >= 15 is 0 Å². The summed E-state index contributed by atoms with van der Waals surface area (Å²) in [4.78, 5) is 28.0. The second kappa shape index (κ2) is 8.27. The summed E-state index contributed by atoms with van der Waals surface area (Å²) in [5, 5.41) is 5.47. The van der Waals surface area contributed by atoms with Gasteiger partial charge in [0.05, 0.1) is 0 Å². The van der Waals surface area contributed by atoms with Crippen LogP contribution >= 0.6 is 0 Å². The fourth-order valence-corrected chi connectivity index (χ4v) is 2.19. The fourth-order valence-electron chi connectivity index (χ4n) is 2.19. The second-order valence-electron chi connectivity index (χ2n) is 5.34. The number of nitrogens with zero attached hydrogens (tertiary/aromatic N) is 1. The monoisotopic (exact) mass is 341 g/mol. The van der Waals surface area contributed by atoms with Gasteiger partial charge in [0.1, 0.15) is 0 Å². The number of hydrogen-bond donors (Lipinski definition) is 2. The van der Waals surface area contributed by atoms with Crippen LogP contribution in [0.5, 0.6) is 0 Å². The molecule has 2 amide bonds. The van der Waals surface area contributed by atoms with Crippen molar-refractivity contribution in [2.24, 2.45) is 0 Å². The van der Waals surface area contributed by atoms with Crippen LogP contribution in [0.3, 0.4) is 0 Å². The molecule has 0 spiro atoms. The number of hydrogen-bond acceptors (Lipinski definition) is 3. The predicted molar refractivity (Wildman–Crippen MR) is 101 cm³/mol. The highest BCUT2D eigenvalue weighted by Gasteiger charge is 2.06. The molecule has 1 heterocycles. The molecule has 5 heteroatoms. The average Bonchev–Trinajstić information content (AvgIpc) is 2.68. The van der Waals surface area contributed by atoms with E-state index in [1.165, 1.54) is 0 Å². The third-order valence-electron chi connectivity index (χ3n) is 3.41. The quantitative estimate of drug-likeness (QED) is 0.718. The van der Waals surface area contributed by atoms with E-state index in [0.29, 0.717) is 16.9 Å². The fraction of sp³-hybridized carbons (Fsp3) is 0. The molecule has 2 aromatic carbocycles. The smallest absolute Gasteiger partial charge is 0.300 e. The highest BCUT2D eigenvalue weighted by atomic mass is 16.2. The third kappa shape index (κ3) is 4.79. The Labute approximate surface area is 151 Å². The molecule has 0 radical (unpaired) electrons. The standard InChI is InChI=1S/C21H15N3O2/c25-20(10-9-16-5-2-1-3-6-16)23-18-7-4-8-19(15-18)24-21(26)17-11-13-22-14-12-17/h1-8,11-15H,(H,23,25)(H,24,26). The van der Waals surface area contributed by atoms with E-state index in [2.05, 4.69) is 27.5 Å². The van der Waals surface area contributed by atoms with Crippen LogP contribution in [0.25, 0.3) is 0 Å². The second-order valence-corrected chi connectivity index (χ2v) is 5.34. The number of pyridine rings is 1. The molecule has 3 rings (SSSR count). The molecular weight excluding hydrogens is 326 g/mol. The molecule has 1 aromatic heterocycles. The van der Waals surface area contributed by atoms with Crippen molar-refractivity contribution in [2.45, 2.75) is 0 Å². The number of carbonyl (C=O) groups excluding carboxylic acids is 2. The summed E-state index contributed by atoms with van der Waals surface area (Å²) >= 11 is 0. The normalized spacial score (nSPS) is 9.54.